The largest absolute Gasteiger partial charge is 0.395 e. The lowest BCUT2D eigenvalue weighted by Crippen LogP contribution is -2.60. The summed E-state index contributed by atoms with van der Waals surface area (Å²) in [5.41, 5.74) is 0.350. The van der Waals surface area contributed by atoms with E-state index in [1.54, 1.807) is 37.0 Å². The number of nitrogens with zero attached hydrogens (tertiary/aromatic N) is 3. The molecule has 16 heteroatoms. The van der Waals surface area contributed by atoms with Crippen molar-refractivity contribution in [2.75, 3.05) is 17.2 Å². The van der Waals surface area contributed by atoms with Crippen molar-refractivity contribution in [1.82, 2.24) is 15.0 Å². The topological polar surface area (TPSA) is 209 Å². The number of benzene rings is 2. The van der Waals surface area contributed by atoms with E-state index in [4.69, 9.17) is 9.47 Å². The first-order valence-electron chi connectivity index (χ1n) is 15.8. The van der Waals surface area contributed by atoms with Crippen LogP contribution >= 0.6 is 0 Å². The van der Waals surface area contributed by atoms with Crippen LogP contribution in [0.25, 0.3) is 0 Å². The second kappa shape index (κ2) is 13.0. The molecular weight excluding hydrogens is 645 g/mol. The summed E-state index contributed by atoms with van der Waals surface area (Å²) in [5.74, 6) is -2.32. The van der Waals surface area contributed by atoms with Crippen LogP contribution in [0.3, 0.4) is 0 Å². The molecule has 0 bridgehead atoms. The van der Waals surface area contributed by atoms with Gasteiger partial charge in [-0.25, -0.2) is 0 Å². The fraction of sp³-hybridized carbons (Fsp3) is 0.500. The molecule has 6 rings (SSSR count). The number of hydrogen-bond donors (Lipinski definition) is 7. The SMILES string of the molecule is C[C@@H]1[C@@H]([Si](C)(C)F)[C@H](CCn2cc(C(CO)c3ccccc3)nn2)O[C@@]12C(=O)Nc1ccc(NC(=O)[C@H]3O[C@@H](O)[C@H](O)[C@@H](O)[C@@H]3O)cc12. The summed E-state index contributed by atoms with van der Waals surface area (Å²) < 4.78 is 29.4. The Balaban J connectivity index is 1.23. The van der Waals surface area contributed by atoms with E-state index >= 15 is 4.11 Å². The van der Waals surface area contributed by atoms with E-state index in [-0.39, 0.29) is 18.2 Å². The van der Waals surface area contributed by atoms with Crippen molar-refractivity contribution < 1.29 is 48.7 Å². The summed E-state index contributed by atoms with van der Waals surface area (Å²) in [6.45, 7) is 5.12. The first-order chi connectivity index (χ1) is 22.8. The Bertz CT molecular complexity index is 1660. The molecule has 0 aliphatic carbocycles. The zero-order valence-corrected chi connectivity index (χ0v) is 27.6. The predicted molar refractivity (Wildman–Crippen MR) is 171 cm³/mol. The van der Waals surface area contributed by atoms with Crippen LogP contribution in [-0.4, -0.2) is 104 Å². The van der Waals surface area contributed by atoms with Gasteiger partial charge in [-0.05, 0) is 43.3 Å². The molecule has 1 unspecified atom stereocenters. The van der Waals surface area contributed by atoms with Crippen LogP contribution < -0.4 is 10.6 Å². The second-order valence-electron chi connectivity index (χ2n) is 13.2. The van der Waals surface area contributed by atoms with Gasteiger partial charge in [0.2, 0.25) is 8.41 Å². The molecule has 2 fully saturated rings. The molecule has 2 amide bonds. The lowest BCUT2D eigenvalue weighted by molar-refractivity contribution is -0.274. The lowest BCUT2D eigenvalue weighted by Gasteiger charge is -2.37. The normalized spacial score (nSPS) is 32.2. The summed E-state index contributed by atoms with van der Waals surface area (Å²) in [5, 5.41) is 63.9. The van der Waals surface area contributed by atoms with E-state index in [9.17, 15) is 35.1 Å². The maximum atomic E-state index is 16.1. The van der Waals surface area contributed by atoms with E-state index in [2.05, 4.69) is 20.9 Å². The molecule has 3 aliphatic heterocycles. The number of anilines is 2. The lowest BCUT2D eigenvalue weighted by atomic mass is 9.82. The van der Waals surface area contributed by atoms with E-state index < -0.39 is 74.1 Å². The summed E-state index contributed by atoms with van der Waals surface area (Å²) in [7, 11) is -3.45. The van der Waals surface area contributed by atoms with Crippen molar-refractivity contribution >= 4 is 31.6 Å². The van der Waals surface area contributed by atoms with Gasteiger partial charge in [0.25, 0.3) is 11.8 Å². The molecule has 4 heterocycles. The molecule has 14 nitrogen and oxygen atoms in total. The Kier molecular flexibility index (Phi) is 9.29. The van der Waals surface area contributed by atoms with Crippen LogP contribution in [0.15, 0.2) is 54.7 Å². The van der Waals surface area contributed by atoms with E-state index in [1.165, 1.54) is 12.1 Å². The van der Waals surface area contributed by atoms with Gasteiger partial charge >= 0.3 is 0 Å². The van der Waals surface area contributed by atoms with Crippen LogP contribution in [-0.2, 0) is 31.2 Å². The highest BCUT2D eigenvalue weighted by atomic mass is 28.4. The maximum Gasteiger partial charge on any atom is 0.261 e. The number of carbonyl (C=O) groups excluding carboxylic acids is 2. The minimum Gasteiger partial charge on any atom is -0.395 e. The monoisotopic (exact) mass is 685 g/mol. The van der Waals surface area contributed by atoms with Gasteiger partial charge in [0.05, 0.1) is 24.3 Å². The van der Waals surface area contributed by atoms with Gasteiger partial charge in [-0.15, -0.1) is 5.10 Å². The maximum absolute atomic E-state index is 16.1. The van der Waals surface area contributed by atoms with E-state index in [1.807, 2.05) is 30.3 Å². The smallest absolute Gasteiger partial charge is 0.261 e. The molecule has 3 aromatic rings. The number of carbonyl (C=O) groups is 2. The zero-order chi connectivity index (χ0) is 34.5. The first kappa shape index (κ1) is 34.3. The number of nitrogens with one attached hydrogen (secondary N) is 2. The number of hydrogen-bond acceptors (Lipinski definition) is 11. The number of aryl methyl sites for hydroxylation is 1. The van der Waals surface area contributed by atoms with E-state index in [0.29, 0.717) is 29.9 Å². The Labute approximate surface area is 276 Å². The molecule has 1 spiro atoms. The third kappa shape index (κ3) is 5.96. The van der Waals surface area contributed by atoms with Gasteiger partial charge in [-0.3, -0.25) is 14.3 Å². The molecule has 3 aliphatic rings. The first-order valence-corrected chi connectivity index (χ1v) is 18.8. The summed E-state index contributed by atoms with van der Waals surface area (Å²) in [6, 6.07) is 14.1. The van der Waals surface area contributed by atoms with Gasteiger partial charge < -0.3 is 49.7 Å². The van der Waals surface area contributed by atoms with Crippen LogP contribution in [0.4, 0.5) is 15.5 Å². The summed E-state index contributed by atoms with van der Waals surface area (Å²) in [6.07, 6.45) is -7.66. The molecule has 0 radical (unpaired) electrons. The number of amides is 2. The molecule has 1 aromatic heterocycles. The highest BCUT2D eigenvalue weighted by Gasteiger charge is 2.65. The molecule has 10 atom stereocenters. The third-order valence-electron chi connectivity index (χ3n) is 9.77. The van der Waals surface area contributed by atoms with Crippen molar-refractivity contribution in [1.29, 1.82) is 0 Å². The van der Waals surface area contributed by atoms with Gasteiger partial charge in [0.15, 0.2) is 18.0 Å². The predicted octanol–water partition coefficient (Wildman–Crippen LogP) is 0.958. The molecule has 258 valence electrons. The van der Waals surface area contributed by atoms with Crippen molar-refractivity contribution in [3.05, 3.63) is 71.5 Å². The fourth-order valence-corrected chi connectivity index (χ4v) is 9.94. The van der Waals surface area contributed by atoms with Gasteiger partial charge in [-0.2, -0.15) is 0 Å². The second-order valence-corrected chi connectivity index (χ2v) is 17.0. The number of halogens is 1. The minimum absolute atomic E-state index is 0.156. The third-order valence-corrected chi connectivity index (χ3v) is 12.2. The molecule has 7 N–H and O–H groups in total. The van der Waals surface area contributed by atoms with Gasteiger partial charge in [0, 0.05) is 41.1 Å². The Morgan fingerprint density at radius 1 is 1.12 bits per heavy atom. The van der Waals surface area contributed by atoms with Gasteiger partial charge in [0.1, 0.15) is 18.3 Å². The Morgan fingerprint density at radius 3 is 2.54 bits per heavy atom. The average Bonchev–Trinajstić information content (AvgIpc) is 3.72. The number of fused-ring (bicyclic) bond motifs is 2. The molecule has 2 aromatic carbocycles. The van der Waals surface area contributed by atoms with Crippen molar-refractivity contribution in [3.8, 4) is 0 Å². The van der Waals surface area contributed by atoms with Crippen LogP contribution in [0.2, 0.25) is 18.6 Å². The Hall–Kier alpha value is -3.61. The fourth-order valence-electron chi connectivity index (χ4n) is 7.40. The standard InChI is InChI=1S/C32H40FN5O9Si/c1-16-28(48(2,3)33)23(11-12-38-14-22(36-37-38)19(15-39)17-7-5-4-6-8-17)47-32(16)20-13-18(9-10-21(20)35-31(32)45)34-29(43)27-25(41)24(40)26(42)30(44)46-27/h4-10,13-14,16,19,23-28,30,39-42,44H,11-12,15H2,1-3H3,(H,34,43)(H,35,45)/t16-,19?,23+,24+,25+,26-,27+,28-,30-,32+/m1/s1. The minimum atomic E-state index is -3.45. The van der Waals surface area contributed by atoms with Crippen molar-refractivity contribution in [2.45, 2.75) is 86.9 Å². The molecule has 2 saturated heterocycles. The zero-order valence-electron chi connectivity index (χ0n) is 26.6. The van der Waals surface area contributed by atoms with Crippen LogP contribution in [0.1, 0.15) is 36.1 Å². The van der Waals surface area contributed by atoms with Crippen molar-refractivity contribution in [3.63, 3.8) is 0 Å². The molecular formula is C32H40FN5O9Si. The molecule has 48 heavy (non-hydrogen) atoms. The summed E-state index contributed by atoms with van der Waals surface area (Å²) >= 11 is 0. The number of rotatable bonds is 9. The van der Waals surface area contributed by atoms with Crippen LogP contribution in [0, 0.1) is 5.92 Å². The Morgan fingerprint density at radius 2 is 1.85 bits per heavy atom. The highest BCUT2D eigenvalue weighted by Crippen LogP contribution is 2.59. The number of ether oxygens (including phenoxy) is 2. The van der Waals surface area contributed by atoms with Crippen molar-refractivity contribution in [2.24, 2.45) is 5.92 Å². The molecule has 0 saturated carbocycles. The van der Waals surface area contributed by atoms with Crippen LogP contribution in [0.5, 0.6) is 0 Å². The summed E-state index contributed by atoms with van der Waals surface area (Å²) in [4.78, 5) is 26.7. The number of aliphatic hydroxyl groups is 5. The quantitative estimate of drug-likeness (QED) is 0.125. The number of aliphatic hydroxyl groups excluding tert-OH is 5. The highest BCUT2D eigenvalue weighted by molar-refractivity contribution is 6.72. The van der Waals surface area contributed by atoms with E-state index in [0.717, 1.165) is 5.56 Å². The average molecular weight is 686 g/mol. The van der Waals surface area contributed by atoms with Gasteiger partial charge in [-0.1, -0.05) is 42.5 Å². The number of aromatic nitrogens is 3.